The van der Waals surface area contributed by atoms with Gasteiger partial charge in [0.2, 0.25) is 0 Å². The number of nitrogens with one attached hydrogen (secondary N) is 1. The highest BCUT2D eigenvalue weighted by molar-refractivity contribution is 5.96. The highest BCUT2D eigenvalue weighted by Crippen LogP contribution is 2.26. The molecule has 0 saturated carbocycles. The fourth-order valence-corrected chi connectivity index (χ4v) is 2.74. The lowest BCUT2D eigenvalue weighted by molar-refractivity contribution is 0.0948. The normalized spacial score (nSPS) is 10.3. The van der Waals surface area contributed by atoms with Gasteiger partial charge in [0.25, 0.3) is 5.91 Å². The summed E-state index contributed by atoms with van der Waals surface area (Å²) in [6, 6.07) is 16.6. The van der Waals surface area contributed by atoms with Crippen LogP contribution < -0.4 is 15.8 Å². The zero-order valence-electron chi connectivity index (χ0n) is 15.1. The summed E-state index contributed by atoms with van der Waals surface area (Å²) >= 11 is 0. The molecule has 0 aliphatic rings. The van der Waals surface area contributed by atoms with E-state index >= 15 is 0 Å². The molecule has 3 N–H and O–H groups in total. The second-order valence-corrected chi connectivity index (χ2v) is 5.92. The van der Waals surface area contributed by atoms with Crippen molar-refractivity contribution in [3.63, 3.8) is 0 Å². The van der Waals surface area contributed by atoms with E-state index in [0.717, 1.165) is 11.1 Å². The third-order valence-electron chi connectivity index (χ3n) is 4.24. The van der Waals surface area contributed by atoms with Crippen LogP contribution in [-0.4, -0.2) is 22.8 Å². The zero-order chi connectivity index (χ0) is 19.4. The molecule has 3 rings (SSSR count). The van der Waals surface area contributed by atoms with Gasteiger partial charge in [0.1, 0.15) is 28.9 Å². The number of nitriles is 1. The van der Waals surface area contributed by atoms with Crippen LogP contribution >= 0.6 is 0 Å². The Hall–Kier alpha value is -3.79. The van der Waals surface area contributed by atoms with Crippen LogP contribution in [0.4, 0.5) is 5.82 Å². The number of nitrogens with zero attached hydrogens (tertiary/aromatic N) is 3. The van der Waals surface area contributed by atoms with Crippen LogP contribution in [0, 0.1) is 11.3 Å². The summed E-state index contributed by atoms with van der Waals surface area (Å²) in [7, 11) is 3.23. The largest absolute Gasteiger partial charge is 0.496 e. The molecule has 1 heterocycles. The van der Waals surface area contributed by atoms with E-state index in [1.807, 2.05) is 30.3 Å². The Bertz CT molecular complexity index is 1020. The van der Waals surface area contributed by atoms with Gasteiger partial charge in [-0.25, -0.2) is 0 Å². The van der Waals surface area contributed by atoms with Crippen LogP contribution in [0.3, 0.4) is 0 Å². The monoisotopic (exact) mass is 361 g/mol. The number of hydrogen-bond donors (Lipinski definition) is 2. The van der Waals surface area contributed by atoms with Gasteiger partial charge in [0.15, 0.2) is 0 Å². The molecule has 0 saturated heterocycles. The molecule has 0 bridgehead atoms. The Morgan fingerprint density at radius 1 is 1.26 bits per heavy atom. The lowest BCUT2D eigenvalue weighted by atomic mass is 10.1. The summed E-state index contributed by atoms with van der Waals surface area (Å²) in [5.41, 5.74) is 8.96. The minimum absolute atomic E-state index is 0.208. The number of carbonyl (C=O) groups is 1. The van der Waals surface area contributed by atoms with Crippen molar-refractivity contribution in [3.05, 3.63) is 65.2 Å². The van der Waals surface area contributed by atoms with E-state index in [1.54, 1.807) is 25.2 Å². The van der Waals surface area contributed by atoms with Crippen molar-refractivity contribution in [1.29, 1.82) is 5.26 Å². The number of ether oxygens (including phenoxy) is 1. The molecular weight excluding hydrogens is 342 g/mol. The van der Waals surface area contributed by atoms with E-state index in [0.29, 0.717) is 34.9 Å². The highest BCUT2D eigenvalue weighted by atomic mass is 16.5. The first-order chi connectivity index (χ1) is 13.0. The number of carbonyl (C=O) groups excluding carboxylic acids is 1. The first-order valence-electron chi connectivity index (χ1n) is 8.28. The number of nitrogen functional groups attached to an aromatic ring is 1. The summed E-state index contributed by atoms with van der Waals surface area (Å²) < 4.78 is 6.69. The molecule has 0 fully saturated rings. The van der Waals surface area contributed by atoms with E-state index in [1.165, 1.54) is 11.8 Å². The Balaban J connectivity index is 1.73. The van der Waals surface area contributed by atoms with Gasteiger partial charge in [-0.3, -0.25) is 9.48 Å². The zero-order valence-corrected chi connectivity index (χ0v) is 15.1. The molecule has 2 aromatic carbocycles. The number of hydrogen-bond acceptors (Lipinski definition) is 5. The molecule has 7 nitrogen and oxygen atoms in total. The van der Waals surface area contributed by atoms with Crippen LogP contribution in [0.1, 0.15) is 21.5 Å². The lowest BCUT2D eigenvalue weighted by Gasteiger charge is -2.09. The number of anilines is 1. The van der Waals surface area contributed by atoms with E-state index in [-0.39, 0.29) is 5.91 Å². The maximum atomic E-state index is 12.4. The Labute approximate surface area is 157 Å². The fraction of sp³-hybridized carbons (Fsp3) is 0.150. The maximum Gasteiger partial charge on any atom is 0.255 e. The number of benzene rings is 2. The number of methoxy groups -OCH3 is 1. The Morgan fingerprint density at radius 2 is 1.96 bits per heavy atom. The standard InChI is InChI=1S/C20H19N5O2/c1-25-19(22)16(11-21)18(24-25)14-9-7-13(8-10-14)12-23-20(26)15-5-3-4-6-17(15)27-2/h3-10H,12,22H2,1-2H3,(H,23,26). The molecule has 0 spiro atoms. The predicted molar refractivity (Wildman–Crippen MR) is 102 cm³/mol. The second kappa shape index (κ2) is 7.62. The van der Waals surface area contributed by atoms with Gasteiger partial charge in [-0.05, 0) is 17.7 Å². The van der Waals surface area contributed by atoms with E-state index in [2.05, 4.69) is 16.5 Å². The molecular formula is C20H19N5O2. The Morgan fingerprint density at radius 3 is 2.63 bits per heavy atom. The molecule has 0 atom stereocenters. The van der Waals surface area contributed by atoms with Crippen molar-refractivity contribution >= 4 is 11.7 Å². The first kappa shape index (κ1) is 18.0. The number of nitrogens with two attached hydrogens (primary N) is 1. The minimum atomic E-state index is -0.208. The van der Waals surface area contributed by atoms with E-state index < -0.39 is 0 Å². The van der Waals surface area contributed by atoms with Gasteiger partial charge in [0, 0.05) is 19.2 Å². The molecule has 136 valence electrons. The molecule has 7 heteroatoms. The number of amides is 1. The molecule has 0 unspecified atom stereocenters. The van der Waals surface area contributed by atoms with Crippen molar-refractivity contribution in [2.24, 2.45) is 7.05 Å². The predicted octanol–water partition coefficient (Wildman–Crippen LogP) is 2.48. The topological polar surface area (TPSA) is 106 Å². The number of aryl methyl sites for hydroxylation is 1. The van der Waals surface area contributed by atoms with Crippen molar-refractivity contribution in [1.82, 2.24) is 15.1 Å². The molecule has 1 aromatic heterocycles. The quantitative estimate of drug-likeness (QED) is 0.726. The van der Waals surface area contributed by atoms with Crippen molar-refractivity contribution < 1.29 is 9.53 Å². The lowest BCUT2D eigenvalue weighted by Crippen LogP contribution is -2.23. The van der Waals surface area contributed by atoms with Crippen molar-refractivity contribution in [2.45, 2.75) is 6.54 Å². The fourth-order valence-electron chi connectivity index (χ4n) is 2.74. The van der Waals surface area contributed by atoms with Gasteiger partial charge in [0.05, 0.1) is 12.7 Å². The molecule has 0 radical (unpaired) electrons. The average Bonchev–Trinajstić information content (AvgIpc) is 3.00. The van der Waals surface area contributed by atoms with Crippen LogP contribution in [0.5, 0.6) is 5.75 Å². The SMILES string of the molecule is COc1ccccc1C(=O)NCc1ccc(-c2nn(C)c(N)c2C#N)cc1. The van der Waals surface area contributed by atoms with Crippen LogP contribution in [0.25, 0.3) is 11.3 Å². The third-order valence-corrected chi connectivity index (χ3v) is 4.24. The van der Waals surface area contributed by atoms with Gasteiger partial charge < -0.3 is 15.8 Å². The summed E-state index contributed by atoms with van der Waals surface area (Å²) in [6.07, 6.45) is 0. The summed E-state index contributed by atoms with van der Waals surface area (Å²) in [5, 5.41) is 16.5. The van der Waals surface area contributed by atoms with Gasteiger partial charge in [-0.15, -0.1) is 0 Å². The number of para-hydroxylation sites is 1. The molecule has 27 heavy (non-hydrogen) atoms. The van der Waals surface area contributed by atoms with Gasteiger partial charge in [-0.2, -0.15) is 10.4 Å². The number of rotatable bonds is 5. The summed E-state index contributed by atoms with van der Waals surface area (Å²) in [6.45, 7) is 0.368. The molecule has 1 amide bonds. The summed E-state index contributed by atoms with van der Waals surface area (Å²) in [5.74, 6) is 0.656. The average molecular weight is 361 g/mol. The Kier molecular flexibility index (Phi) is 5.08. The second-order valence-electron chi connectivity index (χ2n) is 5.92. The minimum Gasteiger partial charge on any atom is -0.496 e. The van der Waals surface area contributed by atoms with Crippen LogP contribution in [0.15, 0.2) is 48.5 Å². The van der Waals surface area contributed by atoms with Crippen molar-refractivity contribution in [2.75, 3.05) is 12.8 Å². The maximum absolute atomic E-state index is 12.4. The molecule has 0 aliphatic heterocycles. The molecule has 0 aliphatic carbocycles. The number of aromatic nitrogens is 2. The smallest absolute Gasteiger partial charge is 0.255 e. The summed E-state index contributed by atoms with van der Waals surface area (Å²) in [4.78, 5) is 12.4. The van der Waals surface area contributed by atoms with Crippen LogP contribution in [-0.2, 0) is 13.6 Å². The molecule has 3 aromatic rings. The van der Waals surface area contributed by atoms with Crippen LogP contribution in [0.2, 0.25) is 0 Å². The highest BCUT2D eigenvalue weighted by Gasteiger charge is 2.15. The van der Waals surface area contributed by atoms with Crippen molar-refractivity contribution in [3.8, 4) is 23.1 Å². The van der Waals surface area contributed by atoms with Gasteiger partial charge >= 0.3 is 0 Å². The first-order valence-corrected chi connectivity index (χ1v) is 8.28. The van der Waals surface area contributed by atoms with E-state index in [4.69, 9.17) is 10.5 Å². The van der Waals surface area contributed by atoms with E-state index in [9.17, 15) is 10.1 Å². The van der Waals surface area contributed by atoms with Gasteiger partial charge in [-0.1, -0.05) is 36.4 Å². The third kappa shape index (κ3) is 3.60.